The van der Waals surface area contributed by atoms with E-state index in [0.29, 0.717) is 12.3 Å². The molecule has 0 aliphatic rings. The van der Waals surface area contributed by atoms with Crippen LogP contribution in [0.1, 0.15) is 11.1 Å². The van der Waals surface area contributed by atoms with Gasteiger partial charge in [0.05, 0.1) is 12.1 Å². The molecule has 2 rings (SSSR count). The molecular formula is C16H16ClFN2O2. The first-order valence-corrected chi connectivity index (χ1v) is 7.05. The Balaban J connectivity index is 1.84. The van der Waals surface area contributed by atoms with Crippen molar-refractivity contribution >= 4 is 17.6 Å². The molecule has 0 radical (unpaired) electrons. The topological polar surface area (TPSA) is 50.4 Å². The first-order valence-electron chi connectivity index (χ1n) is 6.67. The second kappa shape index (κ2) is 7.66. The highest BCUT2D eigenvalue weighted by atomic mass is 35.5. The SMILES string of the molecule is COc1ccccc1CNC(=O)NCc1ccc(F)c(Cl)c1. The number of methoxy groups -OCH3 is 1. The average Bonchev–Trinajstić information content (AvgIpc) is 2.54. The molecule has 2 N–H and O–H groups in total. The van der Waals surface area contributed by atoms with Crippen molar-refractivity contribution < 1.29 is 13.9 Å². The Bertz CT molecular complexity index is 664. The van der Waals surface area contributed by atoms with Gasteiger partial charge in [-0.2, -0.15) is 0 Å². The number of hydrogen-bond acceptors (Lipinski definition) is 2. The van der Waals surface area contributed by atoms with E-state index in [9.17, 15) is 9.18 Å². The quantitative estimate of drug-likeness (QED) is 0.885. The third-order valence-corrected chi connectivity index (χ3v) is 3.36. The predicted molar refractivity (Wildman–Crippen MR) is 83.5 cm³/mol. The maximum absolute atomic E-state index is 13.0. The second-order valence-corrected chi connectivity index (χ2v) is 5.00. The van der Waals surface area contributed by atoms with Crippen LogP contribution in [0.2, 0.25) is 5.02 Å². The standard InChI is InChI=1S/C16H16ClFN2O2/c1-22-15-5-3-2-4-12(15)10-20-16(21)19-9-11-6-7-14(18)13(17)8-11/h2-8H,9-10H2,1H3,(H2,19,20,21). The smallest absolute Gasteiger partial charge is 0.315 e. The normalized spacial score (nSPS) is 10.1. The van der Waals surface area contributed by atoms with Crippen LogP contribution in [0.3, 0.4) is 0 Å². The van der Waals surface area contributed by atoms with Crippen molar-refractivity contribution in [2.75, 3.05) is 7.11 Å². The highest BCUT2D eigenvalue weighted by Crippen LogP contribution is 2.17. The molecule has 116 valence electrons. The van der Waals surface area contributed by atoms with Gasteiger partial charge in [-0.05, 0) is 23.8 Å². The number of benzene rings is 2. The summed E-state index contributed by atoms with van der Waals surface area (Å²) < 4.78 is 18.2. The number of nitrogens with one attached hydrogen (secondary N) is 2. The molecule has 0 heterocycles. The number of urea groups is 1. The number of para-hydroxylation sites is 1. The van der Waals surface area contributed by atoms with Crippen LogP contribution in [0.15, 0.2) is 42.5 Å². The minimum Gasteiger partial charge on any atom is -0.496 e. The van der Waals surface area contributed by atoms with Crippen LogP contribution in [0.5, 0.6) is 5.75 Å². The molecule has 0 aliphatic carbocycles. The van der Waals surface area contributed by atoms with Gasteiger partial charge in [0, 0.05) is 18.7 Å². The summed E-state index contributed by atoms with van der Waals surface area (Å²) in [5.74, 6) is 0.235. The molecule has 0 bridgehead atoms. The Morgan fingerprint density at radius 1 is 1.18 bits per heavy atom. The van der Waals surface area contributed by atoms with Gasteiger partial charge >= 0.3 is 6.03 Å². The molecule has 0 fully saturated rings. The van der Waals surface area contributed by atoms with Crippen molar-refractivity contribution in [2.24, 2.45) is 0 Å². The monoisotopic (exact) mass is 322 g/mol. The maximum Gasteiger partial charge on any atom is 0.315 e. The van der Waals surface area contributed by atoms with E-state index in [2.05, 4.69) is 10.6 Å². The van der Waals surface area contributed by atoms with Crippen molar-refractivity contribution in [1.82, 2.24) is 10.6 Å². The molecule has 2 amide bonds. The zero-order chi connectivity index (χ0) is 15.9. The van der Waals surface area contributed by atoms with Crippen LogP contribution in [0.4, 0.5) is 9.18 Å². The van der Waals surface area contributed by atoms with Crippen molar-refractivity contribution in [3.8, 4) is 5.75 Å². The molecule has 0 unspecified atom stereocenters. The molecular weight excluding hydrogens is 307 g/mol. The van der Waals surface area contributed by atoms with E-state index in [0.717, 1.165) is 11.1 Å². The number of carbonyl (C=O) groups is 1. The fraction of sp³-hybridized carbons (Fsp3) is 0.188. The van der Waals surface area contributed by atoms with Gasteiger partial charge in [-0.1, -0.05) is 35.9 Å². The Labute approximate surface area is 133 Å². The molecule has 22 heavy (non-hydrogen) atoms. The highest BCUT2D eigenvalue weighted by molar-refractivity contribution is 6.30. The minimum absolute atomic E-state index is 0.0359. The maximum atomic E-state index is 13.0. The van der Waals surface area contributed by atoms with E-state index in [1.54, 1.807) is 13.2 Å². The van der Waals surface area contributed by atoms with Crippen LogP contribution < -0.4 is 15.4 Å². The summed E-state index contributed by atoms with van der Waals surface area (Å²) in [6, 6.07) is 11.4. The van der Waals surface area contributed by atoms with Gasteiger partial charge in [0.2, 0.25) is 0 Å². The molecule has 0 aromatic heterocycles. The third kappa shape index (κ3) is 4.36. The number of rotatable bonds is 5. The summed E-state index contributed by atoms with van der Waals surface area (Å²) in [6.45, 7) is 0.609. The van der Waals surface area contributed by atoms with E-state index in [-0.39, 0.29) is 17.6 Å². The summed E-state index contributed by atoms with van der Waals surface area (Å²) in [7, 11) is 1.58. The van der Waals surface area contributed by atoms with Crippen LogP contribution in [-0.2, 0) is 13.1 Å². The third-order valence-electron chi connectivity index (χ3n) is 3.07. The van der Waals surface area contributed by atoms with Crippen LogP contribution in [0.25, 0.3) is 0 Å². The Kier molecular flexibility index (Phi) is 5.61. The zero-order valence-corrected chi connectivity index (χ0v) is 12.8. The average molecular weight is 323 g/mol. The molecule has 0 spiro atoms. The Morgan fingerprint density at radius 2 is 1.91 bits per heavy atom. The fourth-order valence-electron chi connectivity index (χ4n) is 1.92. The van der Waals surface area contributed by atoms with Gasteiger partial charge in [-0.15, -0.1) is 0 Å². The summed E-state index contributed by atoms with van der Waals surface area (Å²) in [5.41, 5.74) is 1.60. The van der Waals surface area contributed by atoms with Gasteiger partial charge in [0.25, 0.3) is 0 Å². The first kappa shape index (κ1) is 16.1. The number of ether oxygens (including phenoxy) is 1. The molecule has 0 aliphatic heterocycles. The van der Waals surface area contributed by atoms with Gasteiger partial charge in [-0.25, -0.2) is 9.18 Å². The Morgan fingerprint density at radius 3 is 2.64 bits per heavy atom. The lowest BCUT2D eigenvalue weighted by Crippen LogP contribution is -2.34. The number of hydrogen-bond donors (Lipinski definition) is 2. The van der Waals surface area contributed by atoms with E-state index < -0.39 is 5.82 Å². The highest BCUT2D eigenvalue weighted by Gasteiger charge is 2.06. The Hall–Kier alpha value is -2.27. The van der Waals surface area contributed by atoms with Crippen LogP contribution >= 0.6 is 11.6 Å². The van der Waals surface area contributed by atoms with Crippen LogP contribution in [-0.4, -0.2) is 13.1 Å². The molecule has 0 atom stereocenters. The van der Waals surface area contributed by atoms with Crippen molar-refractivity contribution in [3.63, 3.8) is 0 Å². The van der Waals surface area contributed by atoms with Gasteiger partial charge in [0.1, 0.15) is 11.6 Å². The number of halogens is 2. The first-order chi connectivity index (χ1) is 10.6. The summed E-state index contributed by atoms with van der Waals surface area (Å²) in [6.07, 6.45) is 0. The van der Waals surface area contributed by atoms with E-state index in [4.69, 9.17) is 16.3 Å². The van der Waals surface area contributed by atoms with Gasteiger partial charge in [0.15, 0.2) is 0 Å². The fourth-order valence-corrected chi connectivity index (χ4v) is 2.12. The molecule has 4 nitrogen and oxygen atoms in total. The molecule has 0 saturated heterocycles. The van der Waals surface area contributed by atoms with E-state index in [1.165, 1.54) is 12.1 Å². The molecule has 2 aromatic rings. The lowest BCUT2D eigenvalue weighted by atomic mass is 10.2. The lowest BCUT2D eigenvalue weighted by Gasteiger charge is -2.10. The molecule has 2 aromatic carbocycles. The van der Waals surface area contributed by atoms with E-state index >= 15 is 0 Å². The largest absolute Gasteiger partial charge is 0.496 e. The minimum atomic E-state index is -0.481. The zero-order valence-electron chi connectivity index (χ0n) is 12.0. The van der Waals surface area contributed by atoms with E-state index in [1.807, 2.05) is 24.3 Å². The van der Waals surface area contributed by atoms with Gasteiger partial charge < -0.3 is 15.4 Å². The van der Waals surface area contributed by atoms with Crippen LogP contribution in [0, 0.1) is 5.82 Å². The second-order valence-electron chi connectivity index (χ2n) is 4.60. The van der Waals surface area contributed by atoms with Crippen molar-refractivity contribution in [1.29, 1.82) is 0 Å². The van der Waals surface area contributed by atoms with Crippen molar-refractivity contribution in [3.05, 3.63) is 64.4 Å². The summed E-state index contributed by atoms with van der Waals surface area (Å²) in [4.78, 5) is 11.8. The summed E-state index contributed by atoms with van der Waals surface area (Å²) >= 11 is 5.69. The predicted octanol–water partition coefficient (Wildman–Crippen LogP) is 3.49. The lowest BCUT2D eigenvalue weighted by molar-refractivity contribution is 0.240. The summed E-state index contributed by atoms with van der Waals surface area (Å²) in [5, 5.41) is 5.45. The van der Waals surface area contributed by atoms with Crippen molar-refractivity contribution in [2.45, 2.75) is 13.1 Å². The molecule has 0 saturated carbocycles. The molecule has 6 heteroatoms. The number of carbonyl (C=O) groups excluding carboxylic acids is 1. The number of amides is 2. The van der Waals surface area contributed by atoms with Gasteiger partial charge in [-0.3, -0.25) is 0 Å².